The second kappa shape index (κ2) is 8.64. The van der Waals surface area contributed by atoms with Crippen LogP contribution in [-0.4, -0.2) is 54.0 Å². The predicted molar refractivity (Wildman–Crippen MR) is 130 cm³/mol. The van der Waals surface area contributed by atoms with Crippen LogP contribution in [0.25, 0.3) is 0 Å². The highest BCUT2D eigenvalue weighted by atomic mass is 32.1. The molecule has 0 atom stereocenters. The van der Waals surface area contributed by atoms with Crippen molar-refractivity contribution in [3.63, 3.8) is 0 Å². The molecule has 3 nitrogen and oxygen atoms in total. The summed E-state index contributed by atoms with van der Waals surface area (Å²) in [7, 11) is 2.06. The minimum Gasteiger partial charge on any atom is -0.365 e. The van der Waals surface area contributed by atoms with Crippen LogP contribution < -0.4 is 4.90 Å². The molecule has 1 heterocycles. The normalized spacial score (nSPS) is 24.8. The van der Waals surface area contributed by atoms with E-state index in [0.29, 0.717) is 6.04 Å². The Kier molecular flexibility index (Phi) is 6.77. The summed E-state index contributed by atoms with van der Waals surface area (Å²) in [6.07, 6.45) is 6.03. The Morgan fingerprint density at radius 2 is 1.83 bits per heavy atom. The molecule has 0 radical (unpaired) electrons. The van der Waals surface area contributed by atoms with Crippen LogP contribution in [0, 0.1) is 19.3 Å². The van der Waals surface area contributed by atoms with Crippen molar-refractivity contribution in [2.24, 2.45) is 5.41 Å². The minimum atomic E-state index is 0.144. The first-order valence-electron chi connectivity index (χ1n) is 11.1. The average molecular weight is 416 g/mol. The highest BCUT2D eigenvalue weighted by molar-refractivity contribution is 7.77. The van der Waals surface area contributed by atoms with Gasteiger partial charge in [-0.05, 0) is 76.6 Å². The van der Waals surface area contributed by atoms with Crippen LogP contribution in [0.4, 0.5) is 5.69 Å². The maximum absolute atomic E-state index is 4.45. The van der Waals surface area contributed by atoms with Gasteiger partial charge in [0.05, 0.1) is 0 Å². The second-order valence-electron chi connectivity index (χ2n) is 10.8. The summed E-state index contributed by atoms with van der Waals surface area (Å²) in [6.45, 7) is 18.7. The number of nitrogens with zero attached hydrogens (tertiary/aromatic N) is 3. The third-order valence-corrected chi connectivity index (χ3v) is 7.29. The van der Waals surface area contributed by atoms with Gasteiger partial charge in [-0.3, -0.25) is 9.21 Å². The highest BCUT2D eigenvalue weighted by Gasteiger charge is 2.37. The first-order chi connectivity index (χ1) is 13.5. The van der Waals surface area contributed by atoms with E-state index in [1.165, 1.54) is 36.1 Å². The largest absolute Gasteiger partial charge is 0.365 e. The fourth-order valence-electron chi connectivity index (χ4n) is 5.42. The van der Waals surface area contributed by atoms with E-state index in [4.69, 9.17) is 0 Å². The summed E-state index contributed by atoms with van der Waals surface area (Å²) in [5.41, 5.74) is 6.24. The van der Waals surface area contributed by atoms with E-state index < -0.39 is 0 Å². The molecule has 1 aromatic carbocycles. The van der Waals surface area contributed by atoms with E-state index in [1.807, 2.05) is 0 Å². The zero-order valence-electron chi connectivity index (χ0n) is 19.6. The monoisotopic (exact) mass is 415 g/mol. The first-order valence-corrected chi connectivity index (χ1v) is 11.5. The van der Waals surface area contributed by atoms with Gasteiger partial charge in [-0.1, -0.05) is 50.4 Å². The van der Waals surface area contributed by atoms with E-state index in [-0.39, 0.29) is 11.0 Å². The molecule has 1 aliphatic carbocycles. The molecule has 1 saturated carbocycles. The molecule has 3 rings (SSSR count). The van der Waals surface area contributed by atoms with E-state index in [0.717, 1.165) is 26.2 Å². The van der Waals surface area contributed by atoms with Crippen LogP contribution in [0.1, 0.15) is 58.1 Å². The molecule has 1 aliphatic heterocycles. The Morgan fingerprint density at radius 1 is 1.14 bits per heavy atom. The molecule has 0 N–H and O–H groups in total. The van der Waals surface area contributed by atoms with E-state index in [9.17, 15) is 0 Å². The topological polar surface area (TPSA) is 9.72 Å². The smallest absolute Gasteiger partial charge is 0.0403 e. The van der Waals surface area contributed by atoms with E-state index >= 15 is 0 Å². The van der Waals surface area contributed by atoms with Crippen molar-refractivity contribution in [2.75, 3.05) is 38.1 Å². The molecule has 2 fully saturated rings. The first kappa shape index (κ1) is 22.7. The van der Waals surface area contributed by atoms with Crippen LogP contribution in [-0.2, 0) is 0 Å². The lowest BCUT2D eigenvalue weighted by Crippen LogP contribution is -2.55. The number of benzene rings is 1. The Labute approximate surface area is 184 Å². The summed E-state index contributed by atoms with van der Waals surface area (Å²) >= 11 is 4.45. The number of aryl methyl sites for hydroxylation is 1. The lowest BCUT2D eigenvalue weighted by atomic mass is 9.77. The molecule has 2 aliphatic rings. The van der Waals surface area contributed by atoms with Crippen molar-refractivity contribution in [1.82, 2.24) is 9.21 Å². The van der Waals surface area contributed by atoms with Gasteiger partial charge in [0.15, 0.2) is 0 Å². The van der Waals surface area contributed by atoms with Gasteiger partial charge in [0.1, 0.15) is 0 Å². The van der Waals surface area contributed by atoms with Crippen molar-refractivity contribution in [1.29, 1.82) is 0 Å². The van der Waals surface area contributed by atoms with Crippen LogP contribution >= 0.6 is 12.8 Å². The van der Waals surface area contributed by atoms with Crippen LogP contribution in [0.5, 0.6) is 0 Å². The molecule has 0 bridgehead atoms. The van der Waals surface area contributed by atoms with Crippen molar-refractivity contribution in [3.8, 4) is 0 Å². The Bertz CT molecular complexity index is 742. The molecular weight excluding hydrogens is 374 g/mol. The Hall–Kier alpha value is -0.970. The zero-order chi connectivity index (χ0) is 21.4. The van der Waals surface area contributed by atoms with Gasteiger partial charge in [-0.2, -0.15) is 0 Å². The van der Waals surface area contributed by atoms with E-state index in [2.05, 4.69) is 99.8 Å². The number of rotatable bonds is 4. The molecule has 1 saturated heterocycles. The molecule has 0 aromatic heterocycles. The number of hydrogen-bond donors (Lipinski definition) is 1. The van der Waals surface area contributed by atoms with Crippen LogP contribution in [0.3, 0.4) is 0 Å². The summed E-state index contributed by atoms with van der Waals surface area (Å²) in [5.74, 6) is 0. The van der Waals surface area contributed by atoms with Gasteiger partial charge in [-0.25, -0.2) is 0 Å². The molecule has 1 aromatic rings. The third kappa shape index (κ3) is 5.39. The van der Waals surface area contributed by atoms with Crippen molar-refractivity contribution >= 4 is 18.5 Å². The van der Waals surface area contributed by atoms with Gasteiger partial charge >= 0.3 is 0 Å². The van der Waals surface area contributed by atoms with Crippen molar-refractivity contribution in [2.45, 2.75) is 72.4 Å². The quantitative estimate of drug-likeness (QED) is 0.515. The molecule has 0 spiro atoms. The second-order valence-corrected chi connectivity index (χ2v) is 11.4. The van der Waals surface area contributed by atoms with Crippen molar-refractivity contribution < 1.29 is 0 Å². The highest BCUT2D eigenvalue weighted by Crippen LogP contribution is 2.38. The number of hydrogen-bond acceptors (Lipinski definition) is 4. The summed E-state index contributed by atoms with van der Waals surface area (Å²) in [4.78, 5) is 5.34. The molecule has 0 amide bonds. The van der Waals surface area contributed by atoms with Gasteiger partial charge < -0.3 is 4.90 Å². The number of thiol groups is 1. The molecule has 4 heteroatoms. The molecule has 162 valence electrons. The average Bonchev–Trinajstić information content (AvgIpc) is 2.54. The van der Waals surface area contributed by atoms with Gasteiger partial charge in [0.25, 0.3) is 0 Å². The number of anilines is 1. The molecule has 0 unspecified atom stereocenters. The SMILES string of the molecule is Cc1cccc(N2CCN(CC=C3CC(N(C)S)C3)CC(C)(C)CC2(C)C)c1C. The van der Waals surface area contributed by atoms with Gasteiger partial charge in [0.2, 0.25) is 0 Å². The Morgan fingerprint density at radius 3 is 2.48 bits per heavy atom. The van der Waals surface area contributed by atoms with Crippen LogP contribution in [0.2, 0.25) is 0 Å². The van der Waals surface area contributed by atoms with Crippen molar-refractivity contribution in [3.05, 3.63) is 41.0 Å². The Balaban J connectivity index is 1.76. The maximum Gasteiger partial charge on any atom is 0.0403 e. The predicted octanol–water partition coefficient (Wildman–Crippen LogP) is 5.49. The molecular formula is C25H41N3S. The van der Waals surface area contributed by atoms with Gasteiger partial charge in [-0.15, -0.1) is 0 Å². The summed E-state index contributed by atoms with van der Waals surface area (Å²) in [5, 5.41) is 0. The minimum absolute atomic E-state index is 0.144. The third-order valence-electron chi connectivity index (χ3n) is 6.96. The standard InChI is InChI=1S/C25H41N3S/c1-19-9-8-10-23(20(19)2)28-14-13-27(18-24(3,4)17-25(28,5)6)12-11-21-15-22(16-21)26(7)29/h8-11,22,29H,12-18H2,1-7H3. The summed E-state index contributed by atoms with van der Waals surface area (Å²) in [6, 6.07) is 7.37. The lowest BCUT2D eigenvalue weighted by Gasteiger charge is -2.49. The summed E-state index contributed by atoms with van der Waals surface area (Å²) < 4.78 is 2.06. The fourth-order valence-corrected chi connectivity index (χ4v) is 5.58. The maximum atomic E-state index is 4.45. The lowest BCUT2D eigenvalue weighted by molar-refractivity contribution is 0.134. The van der Waals surface area contributed by atoms with Crippen LogP contribution in [0.15, 0.2) is 29.8 Å². The fraction of sp³-hybridized carbons (Fsp3) is 0.680. The zero-order valence-corrected chi connectivity index (χ0v) is 20.5. The van der Waals surface area contributed by atoms with E-state index in [1.54, 1.807) is 5.57 Å². The van der Waals surface area contributed by atoms with Gasteiger partial charge in [0, 0.05) is 43.4 Å². The molecule has 29 heavy (non-hydrogen) atoms.